The highest BCUT2D eigenvalue weighted by Crippen LogP contribution is 2.22. The van der Waals surface area contributed by atoms with Crippen LogP contribution in [0.3, 0.4) is 0 Å². The summed E-state index contributed by atoms with van der Waals surface area (Å²) in [6.45, 7) is 0. The van der Waals surface area contributed by atoms with Crippen molar-refractivity contribution in [2.24, 2.45) is 0 Å². The van der Waals surface area contributed by atoms with Crippen LogP contribution in [0.5, 0.6) is 0 Å². The minimum atomic E-state index is -4.14. The third-order valence-electron chi connectivity index (χ3n) is 2.37. The third-order valence-corrected chi connectivity index (χ3v) is 3.04. The quantitative estimate of drug-likeness (QED) is 0.498. The van der Waals surface area contributed by atoms with Gasteiger partial charge in [0, 0.05) is 11.6 Å². The van der Waals surface area contributed by atoms with E-state index >= 15 is 0 Å². The van der Waals surface area contributed by atoms with E-state index in [-0.39, 0.29) is 5.56 Å². The van der Waals surface area contributed by atoms with Gasteiger partial charge in [0.15, 0.2) is 0 Å². The molecule has 94 valence electrons. The molecule has 0 saturated carbocycles. The van der Waals surface area contributed by atoms with E-state index in [1.807, 2.05) is 21.1 Å². The molecule has 1 N–H and O–H groups in total. The Morgan fingerprint density at radius 2 is 1.88 bits per heavy atom. The van der Waals surface area contributed by atoms with E-state index in [0.29, 0.717) is 16.3 Å². The first-order valence-corrected chi connectivity index (χ1v) is 6.59. The Kier molecular flexibility index (Phi) is 3.71. The number of carbonyl (C=O) groups excluding carboxylic acids is 1. The van der Waals surface area contributed by atoms with Crippen molar-refractivity contribution >= 4 is 22.1 Å². The van der Waals surface area contributed by atoms with Crippen LogP contribution in [0.4, 0.5) is 5.69 Å². The van der Waals surface area contributed by atoms with Gasteiger partial charge in [-0.05, 0) is 17.7 Å². The van der Waals surface area contributed by atoms with Crippen molar-refractivity contribution in [3.63, 3.8) is 0 Å². The van der Waals surface area contributed by atoms with Crippen LogP contribution in [-0.2, 0) is 15.9 Å². The van der Waals surface area contributed by atoms with E-state index in [1.165, 1.54) is 0 Å². The average molecular weight is 258 g/mol. The van der Waals surface area contributed by atoms with Gasteiger partial charge in [-0.1, -0.05) is 0 Å². The maximum absolute atomic E-state index is 10.9. The first kappa shape index (κ1) is 13.8. The molecule has 0 amide bonds. The van der Waals surface area contributed by atoms with Gasteiger partial charge < -0.3 is 0 Å². The van der Waals surface area contributed by atoms with Gasteiger partial charge in [0.25, 0.3) is 10.1 Å². The van der Waals surface area contributed by atoms with Crippen molar-refractivity contribution in [3.8, 4) is 0 Å². The molecule has 0 aliphatic heterocycles. The van der Waals surface area contributed by atoms with Gasteiger partial charge in [-0.2, -0.15) is 8.42 Å². The molecule has 0 aliphatic carbocycles. The SMILES string of the molecule is C[N+](C)(C)c1ccc(C=O)c(CS(=O)(=O)O)c1. The van der Waals surface area contributed by atoms with Crippen molar-refractivity contribution in [3.05, 3.63) is 29.3 Å². The van der Waals surface area contributed by atoms with E-state index in [1.54, 1.807) is 18.2 Å². The lowest BCUT2D eigenvalue weighted by molar-refractivity contribution is 0.112. The van der Waals surface area contributed by atoms with E-state index in [9.17, 15) is 13.2 Å². The fraction of sp³-hybridized carbons (Fsp3) is 0.364. The van der Waals surface area contributed by atoms with Crippen LogP contribution in [0.1, 0.15) is 15.9 Å². The van der Waals surface area contributed by atoms with Crippen LogP contribution >= 0.6 is 0 Å². The monoisotopic (exact) mass is 258 g/mol. The Morgan fingerprint density at radius 3 is 2.29 bits per heavy atom. The summed E-state index contributed by atoms with van der Waals surface area (Å²) in [4.78, 5) is 10.8. The summed E-state index contributed by atoms with van der Waals surface area (Å²) in [7, 11) is 1.63. The summed E-state index contributed by atoms with van der Waals surface area (Å²) in [6.07, 6.45) is 0.583. The Bertz CT molecular complexity index is 529. The third kappa shape index (κ3) is 3.92. The highest BCUT2D eigenvalue weighted by molar-refractivity contribution is 7.85. The lowest BCUT2D eigenvalue weighted by Gasteiger charge is -2.24. The molecule has 0 atom stereocenters. The van der Waals surface area contributed by atoms with Crippen molar-refractivity contribution in [1.82, 2.24) is 4.48 Å². The van der Waals surface area contributed by atoms with Crippen molar-refractivity contribution < 1.29 is 17.8 Å². The normalized spacial score (nSPS) is 12.5. The Labute approximate surface area is 101 Å². The molecule has 0 radical (unpaired) electrons. The van der Waals surface area contributed by atoms with Crippen LogP contribution in [-0.4, -0.2) is 40.4 Å². The molecule has 1 aromatic rings. The molecular formula is C11H16NO4S+. The summed E-state index contributed by atoms with van der Waals surface area (Å²) >= 11 is 0. The molecule has 17 heavy (non-hydrogen) atoms. The van der Waals surface area contributed by atoms with Gasteiger partial charge in [-0.15, -0.1) is 0 Å². The van der Waals surface area contributed by atoms with Gasteiger partial charge in [0.2, 0.25) is 0 Å². The second-order valence-corrected chi connectivity index (χ2v) is 6.19. The van der Waals surface area contributed by atoms with Crippen LogP contribution < -0.4 is 4.48 Å². The summed E-state index contributed by atoms with van der Waals surface area (Å²) in [5, 5.41) is 0. The Morgan fingerprint density at radius 1 is 1.29 bits per heavy atom. The zero-order valence-corrected chi connectivity index (χ0v) is 10.9. The molecule has 0 aromatic heterocycles. The first-order chi connectivity index (χ1) is 7.63. The number of hydrogen-bond acceptors (Lipinski definition) is 3. The Hall–Kier alpha value is -1.24. The number of carbonyl (C=O) groups is 1. The zero-order valence-electron chi connectivity index (χ0n) is 10.0. The molecule has 1 aromatic carbocycles. The van der Waals surface area contributed by atoms with Crippen molar-refractivity contribution in [2.45, 2.75) is 5.75 Å². The number of nitrogens with zero attached hydrogens (tertiary/aromatic N) is 1. The molecular weight excluding hydrogens is 242 g/mol. The fourth-order valence-corrected chi connectivity index (χ4v) is 2.09. The first-order valence-electron chi connectivity index (χ1n) is 4.99. The number of quaternary nitrogens is 1. The molecule has 0 spiro atoms. The second-order valence-electron chi connectivity index (χ2n) is 4.74. The van der Waals surface area contributed by atoms with E-state index < -0.39 is 15.9 Å². The largest absolute Gasteiger partial charge is 0.298 e. The minimum Gasteiger partial charge on any atom is -0.298 e. The molecule has 0 fully saturated rings. The topological polar surface area (TPSA) is 71.4 Å². The van der Waals surface area contributed by atoms with E-state index in [2.05, 4.69) is 0 Å². The van der Waals surface area contributed by atoms with E-state index in [0.717, 1.165) is 5.69 Å². The summed E-state index contributed by atoms with van der Waals surface area (Å²) < 4.78 is 31.1. The van der Waals surface area contributed by atoms with Gasteiger partial charge in [-0.25, -0.2) is 0 Å². The highest BCUT2D eigenvalue weighted by Gasteiger charge is 2.17. The molecule has 0 bridgehead atoms. The van der Waals surface area contributed by atoms with Crippen LogP contribution in [0.15, 0.2) is 18.2 Å². The standard InChI is InChI=1S/C11H15NO4S/c1-12(2,3)11-5-4-9(7-13)10(6-11)8-17(14,15)16/h4-7H,8H2,1-3H3/p+1. The maximum atomic E-state index is 10.9. The summed E-state index contributed by atoms with van der Waals surface area (Å²) in [5.74, 6) is -0.547. The number of hydrogen-bond donors (Lipinski definition) is 1. The lowest BCUT2D eigenvalue weighted by atomic mass is 10.1. The van der Waals surface area contributed by atoms with Crippen molar-refractivity contribution in [2.75, 3.05) is 21.1 Å². The second kappa shape index (κ2) is 4.56. The van der Waals surface area contributed by atoms with Gasteiger partial charge in [0.05, 0.1) is 21.1 Å². The van der Waals surface area contributed by atoms with Crippen LogP contribution in [0.25, 0.3) is 0 Å². The minimum absolute atomic E-state index is 0.278. The zero-order chi connectivity index (χ0) is 13.3. The highest BCUT2D eigenvalue weighted by atomic mass is 32.2. The van der Waals surface area contributed by atoms with E-state index in [4.69, 9.17) is 4.55 Å². The van der Waals surface area contributed by atoms with Gasteiger partial charge in [-0.3, -0.25) is 13.8 Å². The molecule has 0 saturated heterocycles. The maximum Gasteiger partial charge on any atom is 0.269 e. The lowest BCUT2D eigenvalue weighted by Crippen LogP contribution is -2.34. The molecule has 5 nitrogen and oxygen atoms in total. The van der Waals surface area contributed by atoms with Crippen molar-refractivity contribution in [1.29, 1.82) is 0 Å². The summed E-state index contributed by atoms with van der Waals surface area (Å²) in [6, 6.07) is 4.95. The van der Waals surface area contributed by atoms with Gasteiger partial charge in [0.1, 0.15) is 17.7 Å². The molecule has 0 heterocycles. The number of benzene rings is 1. The smallest absolute Gasteiger partial charge is 0.269 e. The molecule has 6 heteroatoms. The molecule has 1 rings (SSSR count). The van der Waals surface area contributed by atoms with Gasteiger partial charge >= 0.3 is 0 Å². The molecule has 0 aliphatic rings. The number of rotatable bonds is 4. The number of aldehydes is 1. The Balaban J connectivity index is 3.30. The predicted octanol–water partition coefficient (Wildman–Crippen LogP) is 1.08. The fourth-order valence-electron chi connectivity index (χ4n) is 1.45. The van der Waals surface area contributed by atoms with Crippen LogP contribution in [0, 0.1) is 0 Å². The predicted molar refractivity (Wildman–Crippen MR) is 66.6 cm³/mol. The summed E-state index contributed by atoms with van der Waals surface area (Å²) in [5.41, 5.74) is 1.45. The van der Waals surface area contributed by atoms with Crippen LogP contribution in [0.2, 0.25) is 0 Å². The average Bonchev–Trinajstić information content (AvgIpc) is 2.13. The molecule has 0 unspecified atom stereocenters.